The maximum Gasteiger partial charge on any atom is 0.223 e. The van der Waals surface area contributed by atoms with Crippen LogP contribution in [-0.2, 0) is 11.3 Å². The lowest BCUT2D eigenvalue weighted by Crippen LogP contribution is -2.30. The van der Waals surface area contributed by atoms with Gasteiger partial charge >= 0.3 is 0 Å². The average Bonchev–Trinajstić information content (AvgIpc) is 3.19. The first kappa shape index (κ1) is 13.7. The van der Waals surface area contributed by atoms with Gasteiger partial charge in [-0.05, 0) is 31.4 Å². The molecular formula is C15H19N5O. The molecular weight excluding hydrogens is 266 g/mol. The Balaban J connectivity index is 1.56. The van der Waals surface area contributed by atoms with Crippen LogP contribution >= 0.6 is 0 Å². The summed E-state index contributed by atoms with van der Waals surface area (Å²) in [4.78, 5) is 22.7. The van der Waals surface area contributed by atoms with Gasteiger partial charge in [0.05, 0.1) is 11.7 Å². The van der Waals surface area contributed by atoms with Crippen LogP contribution in [0.25, 0.3) is 0 Å². The minimum atomic E-state index is 0.144. The Kier molecular flexibility index (Phi) is 4.23. The van der Waals surface area contributed by atoms with E-state index in [1.54, 1.807) is 17.2 Å². The van der Waals surface area contributed by atoms with Gasteiger partial charge in [0.15, 0.2) is 0 Å². The molecule has 0 radical (unpaired) electrons. The van der Waals surface area contributed by atoms with Gasteiger partial charge < -0.3 is 4.90 Å². The number of carbonyl (C=O) groups is 1. The molecule has 1 amide bonds. The van der Waals surface area contributed by atoms with E-state index in [0.29, 0.717) is 6.42 Å². The molecule has 0 unspecified atom stereocenters. The van der Waals surface area contributed by atoms with E-state index in [9.17, 15) is 4.79 Å². The molecule has 1 atom stereocenters. The topological polar surface area (TPSA) is 63.9 Å². The largest absolute Gasteiger partial charge is 0.334 e. The third kappa shape index (κ3) is 3.26. The predicted octanol–water partition coefficient (Wildman–Crippen LogP) is 1.82. The Morgan fingerprint density at radius 1 is 1.38 bits per heavy atom. The number of amides is 1. The van der Waals surface area contributed by atoms with Crippen LogP contribution in [0.1, 0.15) is 37.4 Å². The summed E-state index contributed by atoms with van der Waals surface area (Å²) < 4.78 is 1.76. The molecule has 6 heteroatoms. The second-order valence-electron chi connectivity index (χ2n) is 5.26. The van der Waals surface area contributed by atoms with Gasteiger partial charge in [0.25, 0.3) is 0 Å². The standard InChI is InChI=1S/C15H19N5O/c21-15(7-4-9-19-12-16-11-18-19)20-10-3-6-14(20)13-5-1-2-8-17-13/h1-2,5,8,11-12,14H,3-4,6-7,9-10H2/t14-/m1/s1. The minimum Gasteiger partial charge on any atom is -0.334 e. The number of hydrogen-bond donors (Lipinski definition) is 0. The second kappa shape index (κ2) is 6.47. The molecule has 2 aromatic rings. The van der Waals surface area contributed by atoms with Gasteiger partial charge in [-0.3, -0.25) is 14.5 Å². The lowest BCUT2D eigenvalue weighted by Gasteiger charge is -2.24. The molecule has 1 aliphatic rings. The zero-order chi connectivity index (χ0) is 14.5. The maximum atomic E-state index is 12.4. The third-order valence-electron chi connectivity index (χ3n) is 3.85. The molecule has 0 bridgehead atoms. The Bertz CT molecular complexity index is 569. The summed E-state index contributed by atoms with van der Waals surface area (Å²) in [5, 5.41) is 4.04. The predicted molar refractivity (Wildman–Crippen MR) is 77.2 cm³/mol. The van der Waals surface area contributed by atoms with Crippen LogP contribution in [0, 0.1) is 0 Å². The first-order chi connectivity index (χ1) is 10.3. The highest BCUT2D eigenvalue weighted by Crippen LogP contribution is 2.31. The van der Waals surface area contributed by atoms with Gasteiger partial charge in [0.1, 0.15) is 12.7 Å². The van der Waals surface area contributed by atoms with E-state index in [4.69, 9.17) is 0 Å². The summed E-state index contributed by atoms with van der Waals surface area (Å²) in [6.07, 6.45) is 8.37. The molecule has 1 fully saturated rings. The van der Waals surface area contributed by atoms with Crippen LogP contribution < -0.4 is 0 Å². The zero-order valence-corrected chi connectivity index (χ0v) is 11.9. The number of hydrogen-bond acceptors (Lipinski definition) is 4. The van der Waals surface area contributed by atoms with Gasteiger partial charge in [-0.25, -0.2) is 4.98 Å². The number of aryl methyl sites for hydroxylation is 1. The highest BCUT2D eigenvalue weighted by Gasteiger charge is 2.30. The van der Waals surface area contributed by atoms with Crippen LogP contribution in [0.2, 0.25) is 0 Å². The number of nitrogens with zero attached hydrogens (tertiary/aromatic N) is 5. The van der Waals surface area contributed by atoms with Crippen molar-refractivity contribution in [3.8, 4) is 0 Å². The fourth-order valence-corrected chi connectivity index (χ4v) is 2.83. The van der Waals surface area contributed by atoms with Crippen molar-refractivity contribution in [2.45, 2.75) is 38.3 Å². The summed E-state index contributed by atoms with van der Waals surface area (Å²) in [5.41, 5.74) is 1.000. The van der Waals surface area contributed by atoms with Gasteiger partial charge in [0, 0.05) is 25.7 Å². The van der Waals surface area contributed by atoms with Gasteiger partial charge in [-0.2, -0.15) is 5.10 Å². The fraction of sp³-hybridized carbons (Fsp3) is 0.467. The molecule has 110 valence electrons. The van der Waals surface area contributed by atoms with Crippen molar-refractivity contribution in [1.82, 2.24) is 24.6 Å². The summed E-state index contributed by atoms with van der Waals surface area (Å²) in [5.74, 6) is 0.211. The Labute approximate surface area is 123 Å². The first-order valence-corrected chi connectivity index (χ1v) is 7.37. The Hall–Kier alpha value is -2.24. The molecule has 0 N–H and O–H groups in total. The monoisotopic (exact) mass is 285 g/mol. The number of rotatable bonds is 5. The second-order valence-corrected chi connectivity index (χ2v) is 5.26. The lowest BCUT2D eigenvalue weighted by atomic mass is 10.1. The average molecular weight is 285 g/mol. The number of carbonyl (C=O) groups excluding carboxylic acids is 1. The van der Waals surface area contributed by atoms with Crippen molar-refractivity contribution < 1.29 is 4.79 Å². The molecule has 6 nitrogen and oxygen atoms in total. The normalized spacial score (nSPS) is 18.1. The quantitative estimate of drug-likeness (QED) is 0.840. The molecule has 0 aromatic carbocycles. The molecule has 3 rings (SSSR count). The van der Waals surface area contributed by atoms with E-state index >= 15 is 0 Å². The molecule has 0 spiro atoms. The highest BCUT2D eigenvalue weighted by atomic mass is 16.2. The van der Waals surface area contributed by atoms with Crippen molar-refractivity contribution in [3.05, 3.63) is 42.7 Å². The smallest absolute Gasteiger partial charge is 0.223 e. The number of likely N-dealkylation sites (tertiary alicyclic amines) is 1. The molecule has 0 aliphatic carbocycles. The van der Waals surface area contributed by atoms with Crippen LogP contribution in [-0.4, -0.2) is 37.1 Å². The van der Waals surface area contributed by atoms with Crippen molar-refractivity contribution in [2.75, 3.05) is 6.54 Å². The van der Waals surface area contributed by atoms with Crippen molar-refractivity contribution >= 4 is 5.91 Å². The van der Waals surface area contributed by atoms with Gasteiger partial charge in [-0.15, -0.1) is 0 Å². The third-order valence-corrected chi connectivity index (χ3v) is 3.85. The van der Waals surface area contributed by atoms with E-state index in [2.05, 4.69) is 15.1 Å². The van der Waals surface area contributed by atoms with Gasteiger partial charge in [0.2, 0.25) is 5.91 Å². The molecule has 2 aromatic heterocycles. The van der Waals surface area contributed by atoms with Crippen LogP contribution in [0.15, 0.2) is 37.1 Å². The molecule has 21 heavy (non-hydrogen) atoms. The SMILES string of the molecule is O=C(CCCn1cncn1)N1CCC[C@@H]1c1ccccn1. The molecule has 1 aliphatic heterocycles. The van der Waals surface area contributed by atoms with E-state index in [-0.39, 0.29) is 11.9 Å². The molecule has 3 heterocycles. The van der Waals surface area contributed by atoms with Crippen LogP contribution in [0.5, 0.6) is 0 Å². The number of pyridine rings is 1. The number of aromatic nitrogens is 4. The Morgan fingerprint density at radius 2 is 2.33 bits per heavy atom. The summed E-state index contributed by atoms with van der Waals surface area (Å²) in [7, 11) is 0. The summed E-state index contributed by atoms with van der Waals surface area (Å²) in [6.45, 7) is 1.57. The first-order valence-electron chi connectivity index (χ1n) is 7.37. The van der Waals surface area contributed by atoms with Crippen molar-refractivity contribution in [3.63, 3.8) is 0 Å². The van der Waals surface area contributed by atoms with E-state index < -0.39 is 0 Å². The fourth-order valence-electron chi connectivity index (χ4n) is 2.83. The zero-order valence-electron chi connectivity index (χ0n) is 11.9. The maximum absolute atomic E-state index is 12.4. The molecule has 1 saturated heterocycles. The summed E-state index contributed by atoms with van der Waals surface area (Å²) in [6, 6.07) is 6.03. The Morgan fingerprint density at radius 3 is 3.10 bits per heavy atom. The molecule has 0 saturated carbocycles. The van der Waals surface area contributed by atoms with Crippen LogP contribution in [0.3, 0.4) is 0 Å². The van der Waals surface area contributed by atoms with E-state index in [1.807, 2.05) is 23.1 Å². The van der Waals surface area contributed by atoms with Gasteiger partial charge in [-0.1, -0.05) is 6.07 Å². The van der Waals surface area contributed by atoms with Crippen molar-refractivity contribution in [1.29, 1.82) is 0 Å². The minimum absolute atomic E-state index is 0.144. The van der Waals surface area contributed by atoms with E-state index in [0.717, 1.165) is 38.0 Å². The van der Waals surface area contributed by atoms with Crippen molar-refractivity contribution in [2.24, 2.45) is 0 Å². The lowest BCUT2D eigenvalue weighted by molar-refractivity contribution is -0.132. The van der Waals surface area contributed by atoms with E-state index in [1.165, 1.54) is 6.33 Å². The highest BCUT2D eigenvalue weighted by molar-refractivity contribution is 5.76. The summed E-state index contributed by atoms with van der Waals surface area (Å²) >= 11 is 0. The van der Waals surface area contributed by atoms with Crippen LogP contribution in [0.4, 0.5) is 0 Å².